The van der Waals surface area contributed by atoms with Gasteiger partial charge >= 0.3 is 0 Å². The van der Waals surface area contributed by atoms with Crippen molar-refractivity contribution in [3.63, 3.8) is 0 Å². The van der Waals surface area contributed by atoms with Gasteiger partial charge in [0, 0.05) is 43.5 Å². The summed E-state index contributed by atoms with van der Waals surface area (Å²) >= 11 is 0. The lowest BCUT2D eigenvalue weighted by molar-refractivity contribution is 0.122. The molecule has 1 fully saturated rings. The van der Waals surface area contributed by atoms with Crippen LogP contribution in [0, 0.1) is 0 Å². The molecular formula is C24H28N6O. The van der Waals surface area contributed by atoms with Gasteiger partial charge < -0.3 is 19.9 Å². The zero-order valence-electron chi connectivity index (χ0n) is 17.8. The molecule has 4 rings (SSSR count). The highest BCUT2D eigenvalue weighted by atomic mass is 16.5. The Hall–Kier alpha value is -3.45. The number of hydrogen-bond donors (Lipinski definition) is 2. The van der Waals surface area contributed by atoms with Gasteiger partial charge in [0.2, 0.25) is 0 Å². The van der Waals surface area contributed by atoms with E-state index in [1.165, 1.54) is 5.56 Å². The molecule has 0 aliphatic carbocycles. The molecule has 1 aliphatic heterocycles. The van der Waals surface area contributed by atoms with Gasteiger partial charge in [0.25, 0.3) is 0 Å². The van der Waals surface area contributed by atoms with Crippen LogP contribution in [0.2, 0.25) is 0 Å². The Balaban J connectivity index is 1.37. The topological polar surface area (TPSA) is 78.4 Å². The Labute approximate surface area is 182 Å². The SMILES string of the molecule is C=C/C(=C\NC(C)=NCc1cccc(N2CCOCC2)n1)Cc1c[nH]c2ncccc12. The lowest BCUT2D eigenvalue weighted by atomic mass is 10.1. The minimum Gasteiger partial charge on any atom is -0.378 e. The quantitative estimate of drug-likeness (QED) is 0.349. The van der Waals surface area contributed by atoms with E-state index >= 15 is 0 Å². The van der Waals surface area contributed by atoms with Gasteiger partial charge in [-0.15, -0.1) is 0 Å². The fourth-order valence-electron chi connectivity index (χ4n) is 3.53. The lowest BCUT2D eigenvalue weighted by Crippen LogP contribution is -2.36. The van der Waals surface area contributed by atoms with E-state index in [0.717, 1.165) is 66.7 Å². The minimum atomic E-state index is 0.530. The molecule has 0 atom stereocenters. The molecule has 1 saturated heterocycles. The molecule has 7 nitrogen and oxygen atoms in total. The highest BCUT2D eigenvalue weighted by Crippen LogP contribution is 2.19. The van der Waals surface area contributed by atoms with Gasteiger partial charge in [-0.1, -0.05) is 18.7 Å². The van der Waals surface area contributed by atoms with Crippen LogP contribution in [0.5, 0.6) is 0 Å². The van der Waals surface area contributed by atoms with E-state index in [9.17, 15) is 0 Å². The number of hydrogen-bond acceptors (Lipinski definition) is 5. The smallest absolute Gasteiger partial charge is 0.137 e. The third-order valence-electron chi connectivity index (χ3n) is 5.27. The molecule has 160 valence electrons. The van der Waals surface area contributed by atoms with Crippen molar-refractivity contribution < 1.29 is 4.74 Å². The zero-order chi connectivity index (χ0) is 21.5. The van der Waals surface area contributed by atoms with Crippen LogP contribution in [0.15, 0.2) is 72.1 Å². The Bertz CT molecular complexity index is 1090. The summed E-state index contributed by atoms with van der Waals surface area (Å²) in [5.41, 5.74) is 4.12. The average molecular weight is 417 g/mol. The number of nitrogens with one attached hydrogen (secondary N) is 2. The third kappa shape index (κ3) is 5.38. The van der Waals surface area contributed by atoms with Crippen molar-refractivity contribution in [3.05, 3.63) is 78.4 Å². The Morgan fingerprint density at radius 2 is 2.16 bits per heavy atom. The number of aromatic amines is 1. The van der Waals surface area contributed by atoms with Gasteiger partial charge in [0.1, 0.15) is 11.5 Å². The maximum Gasteiger partial charge on any atom is 0.137 e. The molecule has 0 radical (unpaired) electrons. The zero-order valence-corrected chi connectivity index (χ0v) is 17.8. The monoisotopic (exact) mass is 416 g/mol. The van der Waals surface area contributed by atoms with Gasteiger partial charge in [0.05, 0.1) is 31.3 Å². The fourth-order valence-corrected chi connectivity index (χ4v) is 3.53. The van der Waals surface area contributed by atoms with Gasteiger partial charge in [-0.3, -0.25) is 4.99 Å². The second kappa shape index (κ2) is 10.0. The Morgan fingerprint density at radius 1 is 1.29 bits per heavy atom. The number of morpholine rings is 1. The minimum absolute atomic E-state index is 0.530. The summed E-state index contributed by atoms with van der Waals surface area (Å²) in [7, 11) is 0. The first-order chi connectivity index (χ1) is 15.2. The number of H-pyrrole nitrogens is 1. The van der Waals surface area contributed by atoms with Crippen LogP contribution in [0.1, 0.15) is 18.2 Å². The summed E-state index contributed by atoms with van der Waals surface area (Å²) in [6.45, 7) is 9.69. The van der Waals surface area contributed by atoms with Gasteiger partial charge in [-0.2, -0.15) is 0 Å². The lowest BCUT2D eigenvalue weighted by Gasteiger charge is -2.27. The van der Waals surface area contributed by atoms with Crippen LogP contribution in [-0.2, 0) is 17.7 Å². The number of aliphatic imine (C=N–C) groups is 1. The largest absolute Gasteiger partial charge is 0.378 e. The van der Waals surface area contributed by atoms with Gasteiger partial charge in [0.15, 0.2) is 0 Å². The highest BCUT2D eigenvalue weighted by Gasteiger charge is 2.12. The van der Waals surface area contributed by atoms with E-state index < -0.39 is 0 Å². The normalized spacial score (nSPS) is 15.3. The molecule has 0 aromatic carbocycles. The second-order valence-electron chi connectivity index (χ2n) is 7.45. The third-order valence-corrected chi connectivity index (χ3v) is 5.27. The van der Waals surface area contributed by atoms with Crippen LogP contribution in [-0.4, -0.2) is 47.1 Å². The number of fused-ring (bicyclic) bond motifs is 1. The van der Waals surface area contributed by atoms with Crippen molar-refractivity contribution in [3.8, 4) is 0 Å². The van der Waals surface area contributed by atoms with Crippen molar-refractivity contribution >= 4 is 22.7 Å². The molecule has 4 heterocycles. The number of anilines is 1. The first-order valence-electron chi connectivity index (χ1n) is 10.5. The molecule has 0 bridgehead atoms. The van der Waals surface area contributed by atoms with Crippen LogP contribution >= 0.6 is 0 Å². The van der Waals surface area contributed by atoms with Crippen molar-refractivity contribution in [2.45, 2.75) is 19.9 Å². The summed E-state index contributed by atoms with van der Waals surface area (Å²) in [4.78, 5) is 19.2. The number of allylic oxidation sites excluding steroid dienone is 2. The average Bonchev–Trinajstić information content (AvgIpc) is 3.24. The molecule has 7 heteroatoms. The van der Waals surface area contributed by atoms with Gasteiger partial charge in [-0.25, -0.2) is 9.97 Å². The molecule has 2 N–H and O–H groups in total. The molecule has 0 spiro atoms. The molecule has 0 amide bonds. The molecule has 3 aromatic rings. The highest BCUT2D eigenvalue weighted by molar-refractivity contribution is 5.81. The number of pyridine rings is 2. The van der Waals surface area contributed by atoms with Crippen LogP contribution in [0.4, 0.5) is 5.82 Å². The first-order valence-corrected chi connectivity index (χ1v) is 10.5. The van der Waals surface area contributed by atoms with E-state index in [-0.39, 0.29) is 0 Å². The van der Waals surface area contributed by atoms with Crippen molar-refractivity contribution in [1.29, 1.82) is 0 Å². The van der Waals surface area contributed by atoms with Crippen LogP contribution in [0.3, 0.4) is 0 Å². The summed E-state index contributed by atoms with van der Waals surface area (Å²) in [6.07, 6.45) is 8.38. The standard InChI is InChI=1S/C24H28N6O/c1-3-19(14-20-16-28-24-22(20)7-5-9-25-24)15-26-18(2)27-17-21-6-4-8-23(29-21)30-10-12-31-13-11-30/h3-9,15-16H,1,10-14,17H2,2H3,(H,25,28)(H,26,27)/b19-15+. The number of rotatable bonds is 7. The second-order valence-corrected chi connectivity index (χ2v) is 7.45. The van der Waals surface area contributed by atoms with Gasteiger partial charge in [-0.05, 0) is 42.3 Å². The molecule has 1 aliphatic rings. The maximum absolute atomic E-state index is 5.42. The van der Waals surface area contributed by atoms with E-state index in [2.05, 4.69) is 37.8 Å². The first kappa shape index (κ1) is 20.8. The molecule has 0 unspecified atom stereocenters. The van der Waals surface area contributed by atoms with Crippen LogP contribution < -0.4 is 10.2 Å². The van der Waals surface area contributed by atoms with E-state index in [1.54, 1.807) is 6.20 Å². The molecule has 3 aromatic heterocycles. The number of amidine groups is 1. The maximum atomic E-state index is 5.42. The van der Waals surface area contributed by atoms with Crippen molar-refractivity contribution in [1.82, 2.24) is 20.3 Å². The van der Waals surface area contributed by atoms with Crippen molar-refractivity contribution in [2.75, 3.05) is 31.2 Å². The molecular weight excluding hydrogens is 388 g/mol. The van der Waals surface area contributed by atoms with E-state index in [1.807, 2.05) is 49.7 Å². The molecule has 0 saturated carbocycles. The number of nitrogens with zero attached hydrogens (tertiary/aromatic N) is 4. The number of aromatic nitrogens is 3. The number of ether oxygens (including phenoxy) is 1. The summed E-state index contributed by atoms with van der Waals surface area (Å²) < 4.78 is 5.42. The summed E-state index contributed by atoms with van der Waals surface area (Å²) in [5.74, 6) is 1.82. The summed E-state index contributed by atoms with van der Waals surface area (Å²) in [5, 5.41) is 4.41. The van der Waals surface area contributed by atoms with Crippen molar-refractivity contribution in [2.24, 2.45) is 4.99 Å². The fraction of sp³-hybridized carbons (Fsp3) is 0.292. The van der Waals surface area contributed by atoms with E-state index in [4.69, 9.17) is 9.72 Å². The Kier molecular flexibility index (Phi) is 6.74. The Morgan fingerprint density at radius 3 is 3.00 bits per heavy atom. The predicted octanol–water partition coefficient (Wildman–Crippen LogP) is 3.62. The van der Waals surface area contributed by atoms with Crippen LogP contribution in [0.25, 0.3) is 11.0 Å². The summed E-state index contributed by atoms with van der Waals surface area (Å²) in [6, 6.07) is 10.1. The molecule has 31 heavy (non-hydrogen) atoms. The van der Waals surface area contributed by atoms with E-state index in [0.29, 0.717) is 6.54 Å². The predicted molar refractivity (Wildman–Crippen MR) is 125 cm³/mol.